The van der Waals surface area contributed by atoms with Crippen LogP contribution in [-0.2, 0) is 27.9 Å². The fourth-order valence-corrected chi connectivity index (χ4v) is 7.41. The highest BCUT2D eigenvalue weighted by Gasteiger charge is 2.25. The van der Waals surface area contributed by atoms with Gasteiger partial charge in [0.1, 0.15) is 6.10 Å². The predicted octanol–water partition coefficient (Wildman–Crippen LogP) is 14.8. The number of hydrogen-bond acceptors (Lipinski definition) is 7. The molecule has 3 N–H and O–H groups in total. The van der Waals surface area contributed by atoms with Crippen molar-refractivity contribution in [1.82, 2.24) is 0 Å². The number of nitrogens with two attached hydrogens (primary N) is 1. The first-order chi connectivity index (χ1) is 28.4. The van der Waals surface area contributed by atoms with E-state index < -0.39 is 13.9 Å². The second-order valence-electron chi connectivity index (χ2n) is 16.0. The van der Waals surface area contributed by atoms with Crippen LogP contribution in [0.5, 0.6) is 0 Å². The summed E-state index contributed by atoms with van der Waals surface area (Å²) in [7, 11) is -4.28. The minimum atomic E-state index is -4.28. The number of carbonyl (C=O) groups excluding carboxylic acids is 1. The Morgan fingerprint density at radius 2 is 0.914 bits per heavy atom. The number of carbonyl (C=O) groups is 1. The Labute approximate surface area is 358 Å². The summed E-state index contributed by atoms with van der Waals surface area (Å²) in [5.41, 5.74) is 5.38. The molecule has 0 saturated heterocycles. The zero-order valence-corrected chi connectivity index (χ0v) is 38.7. The molecule has 0 aliphatic heterocycles. The van der Waals surface area contributed by atoms with Gasteiger partial charge in [-0.3, -0.25) is 13.8 Å². The molecule has 9 heteroatoms. The first kappa shape index (κ1) is 56.5. The number of phosphoric acid groups is 1. The number of unbranched alkanes of at least 4 members (excludes halogenated alkanes) is 25. The number of allylic oxidation sites excluding steroid dienone is 8. The number of phosphoric ester groups is 1. The summed E-state index contributed by atoms with van der Waals surface area (Å²) >= 11 is 0. The minimum Gasteiger partial charge on any atom is -0.457 e. The molecule has 0 aromatic carbocycles. The average molecular weight is 838 g/mol. The van der Waals surface area contributed by atoms with Crippen LogP contribution in [-0.4, -0.2) is 49.9 Å². The van der Waals surface area contributed by atoms with Crippen molar-refractivity contribution in [3.05, 3.63) is 48.6 Å². The van der Waals surface area contributed by atoms with Crippen molar-refractivity contribution < 1.29 is 32.8 Å². The van der Waals surface area contributed by atoms with E-state index in [0.29, 0.717) is 13.0 Å². The molecular formula is C49H92NO7P. The van der Waals surface area contributed by atoms with Gasteiger partial charge < -0.3 is 20.1 Å². The van der Waals surface area contributed by atoms with Gasteiger partial charge in [-0.15, -0.1) is 0 Å². The Morgan fingerprint density at radius 3 is 1.41 bits per heavy atom. The van der Waals surface area contributed by atoms with Crippen LogP contribution in [0.25, 0.3) is 0 Å². The first-order valence-electron chi connectivity index (χ1n) is 24.1. The summed E-state index contributed by atoms with van der Waals surface area (Å²) < 4.78 is 33.5. The molecule has 0 aromatic rings. The maximum absolute atomic E-state index is 12.6. The summed E-state index contributed by atoms with van der Waals surface area (Å²) in [4.78, 5) is 22.5. The van der Waals surface area contributed by atoms with Crippen molar-refractivity contribution >= 4 is 13.8 Å². The van der Waals surface area contributed by atoms with Gasteiger partial charge in [0.15, 0.2) is 0 Å². The largest absolute Gasteiger partial charge is 0.472 e. The van der Waals surface area contributed by atoms with Gasteiger partial charge in [0.25, 0.3) is 0 Å². The third-order valence-corrected chi connectivity index (χ3v) is 11.2. The molecule has 0 aliphatic rings. The molecular weight excluding hydrogens is 746 g/mol. The van der Waals surface area contributed by atoms with Crippen molar-refractivity contribution in [3.8, 4) is 0 Å². The van der Waals surface area contributed by atoms with E-state index in [1.165, 1.54) is 141 Å². The van der Waals surface area contributed by atoms with Crippen LogP contribution in [0.3, 0.4) is 0 Å². The van der Waals surface area contributed by atoms with Crippen molar-refractivity contribution in [3.63, 3.8) is 0 Å². The van der Waals surface area contributed by atoms with Crippen molar-refractivity contribution in [2.75, 3.05) is 33.0 Å². The Hall–Kier alpha value is -1.54. The lowest BCUT2D eigenvalue weighted by Crippen LogP contribution is -2.28. The molecule has 0 fully saturated rings. The van der Waals surface area contributed by atoms with Crippen LogP contribution in [0.2, 0.25) is 0 Å². The summed E-state index contributed by atoms with van der Waals surface area (Å²) in [5.74, 6) is -0.342. The number of rotatable bonds is 46. The summed E-state index contributed by atoms with van der Waals surface area (Å²) in [6.07, 6.45) is 55.6. The molecule has 340 valence electrons. The van der Waals surface area contributed by atoms with Crippen LogP contribution >= 0.6 is 7.82 Å². The average Bonchev–Trinajstić information content (AvgIpc) is 3.21. The fraction of sp³-hybridized carbons (Fsp3) is 0.816. The van der Waals surface area contributed by atoms with E-state index in [2.05, 4.69) is 62.5 Å². The van der Waals surface area contributed by atoms with Crippen molar-refractivity contribution in [2.45, 2.75) is 225 Å². The number of hydrogen-bond donors (Lipinski definition) is 2. The molecule has 0 aliphatic carbocycles. The van der Waals surface area contributed by atoms with E-state index >= 15 is 0 Å². The van der Waals surface area contributed by atoms with Crippen LogP contribution in [0.1, 0.15) is 219 Å². The first-order valence-corrected chi connectivity index (χ1v) is 25.6. The molecule has 2 unspecified atom stereocenters. The lowest BCUT2D eigenvalue weighted by Gasteiger charge is -2.20. The third-order valence-electron chi connectivity index (χ3n) is 10.2. The van der Waals surface area contributed by atoms with Gasteiger partial charge in [-0.25, -0.2) is 4.57 Å². The molecule has 2 atom stereocenters. The van der Waals surface area contributed by atoms with Crippen molar-refractivity contribution in [1.29, 1.82) is 0 Å². The zero-order chi connectivity index (χ0) is 42.3. The van der Waals surface area contributed by atoms with Gasteiger partial charge >= 0.3 is 13.8 Å². The smallest absolute Gasteiger partial charge is 0.457 e. The maximum atomic E-state index is 12.6. The summed E-state index contributed by atoms with van der Waals surface area (Å²) in [5, 5.41) is 0. The van der Waals surface area contributed by atoms with E-state index in [-0.39, 0.29) is 32.3 Å². The third kappa shape index (κ3) is 45.5. The second-order valence-corrected chi connectivity index (χ2v) is 17.4. The monoisotopic (exact) mass is 838 g/mol. The number of esters is 1. The zero-order valence-electron chi connectivity index (χ0n) is 37.8. The van der Waals surface area contributed by atoms with Gasteiger partial charge in [-0.1, -0.05) is 184 Å². The maximum Gasteiger partial charge on any atom is 0.472 e. The highest BCUT2D eigenvalue weighted by molar-refractivity contribution is 7.47. The SMILES string of the molecule is CCCCC/C=C\C/C=C\C/C=C\CCCCCCCCC(=O)OC(COCCCCCCCCCCCC/C=C\CCCCCCCC)COP(=O)(O)OCCN. The molecule has 0 heterocycles. The quantitative estimate of drug-likeness (QED) is 0.0269. The standard InChI is InChI=1S/C49H92NO7P/c1-3-5-7-9-11-13-15-17-19-21-23-25-27-29-31-33-35-37-39-41-44-54-46-48(47-56-58(52,53)55-45-43-50)57-49(51)42-40-38-36-34-32-30-28-26-24-22-20-18-16-14-12-10-8-6-4-2/h12,14,17-20,24,26,48H,3-11,13,15-16,21-23,25,27-47,50H2,1-2H3,(H,52,53)/b14-12-,19-17-,20-18-,26-24-. The van der Waals surface area contributed by atoms with Gasteiger partial charge in [-0.05, 0) is 77.0 Å². The molecule has 0 radical (unpaired) electrons. The van der Waals surface area contributed by atoms with Gasteiger partial charge in [0.05, 0.1) is 19.8 Å². The number of ether oxygens (including phenoxy) is 2. The van der Waals surface area contributed by atoms with Crippen molar-refractivity contribution in [2.24, 2.45) is 5.73 Å². The molecule has 0 amide bonds. The topological polar surface area (TPSA) is 117 Å². The van der Waals surface area contributed by atoms with Crippen LogP contribution in [0, 0.1) is 0 Å². The Balaban J connectivity index is 4.00. The van der Waals surface area contributed by atoms with E-state index in [1.807, 2.05) is 0 Å². The molecule has 0 saturated carbocycles. The van der Waals surface area contributed by atoms with Crippen LogP contribution < -0.4 is 5.73 Å². The summed E-state index contributed by atoms with van der Waals surface area (Å²) in [6, 6.07) is 0. The fourth-order valence-electron chi connectivity index (χ4n) is 6.65. The minimum absolute atomic E-state index is 0.0968. The lowest BCUT2D eigenvalue weighted by molar-refractivity contribution is -0.154. The van der Waals surface area contributed by atoms with Gasteiger partial charge in [0.2, 0.25) is 0 Å². The normalized spacial score (nSPS) is 13.8. The lowest BCUT2D eigenvalue weighted by atomic mass is 10.1. The molecule has 0 spiro atoms. The molecule has 0 rings (SSSR count). The van der Waals surface area contributed by atoms with Crippen LogP contribution in [0.15, 0.2) is 48.6 Å². The molecule has 0 aromatic heterocycles. The Kier molecular flexibility index (Phi) is 45.3. The second kappa shape index (κ2) is 46.5. The summed E-state index contributed by atoms with van der Waals surface area (Å²) in [6.45, 7) is 4.89. The van der Waals surface area contributed by atoms with Gasteiger partial charge in [0, 0.05) is 19.6 Å². The van der Waals surface area contributed by atoms with E-state index in [0.717, 1.165) is 57.8 Å². The van der Waals surface area contributed by atoms with E-state index in [4.69, 9.17) is 24.3 Å². The van der Waals surface area contributed by atoms with Crippen LogP contribution in [0.4, 0.5) is 0 Å². The predicted molar refractivity (Wildman–Crippen MR) is 247 cm³/mol. The Morgan fingerprint density at radius 1 is 0.517 bits per heavy atom. The van der Waals surface area contributed by atoms with Gasteiger partial charge in [-0.2, -0.15) is 0 Å². The highest BCUT2D eigenvalue weighted by atomic mass is 31.2. The Bertz CT molecular complexity index is 1030. The van der Waals surface area contributed by atoms with E-state index in [9.17, 15) is 14.3 Å². The molecule has 58 heavy (non-hydrogen) atoms. The highest BCUT2D eigenvalue weighted by Crippen LogP contribution is 2.43. The van der Waals surface area contributed by atoms with E-state index in [1.54, 1.807) is 0 Å². The molecule has 8 nitrogen and oxygen atoms in total. The molecule has 0 bridgehead atoms.